The summed E-state index contributed by atoms with van der Waals surface area (Å²) in [6, 6.07) is 1.48. The van der Waals surface area contributed by atoms with Crippen molar-refractivity contribution in [2.75, 3.05) is 13.1 Å². The number of piperidine rings is 1. The highest BCUT2D eigenvalue weighted by Gasteiger charge is 2.32. The Labute approximate surface area is 123 Å². The summed E-state index contributed by atoms with van der Waals surface area (Å²) in [5, 5.41) is 6.64. The SMILES string of the molecule is CCCC(C)NC(=O)C(C)NC1CCN2CCCC2C1. The first-order valence-electron chi connectivity index (χ1n) is 8.40. The predicted octanol–water partition coefficient (Wildman–Crippen LogP) is 1.90. The van der Waals surface area contributed by atoms with Gasteiger partial charge in [-0.25, -0.2) is 0 Å². The summed E-state index contributed by atoms with van der Waals surface area (Å²) >= 11 is 0. The van der Waals surface area contributed by atoms with Crippen LogP contribution in [0, 0.1) is 0 Å². The van der Waals surface area contributed by atoms with Gasteiger partial charge < -0.3 is 15.5 Å². The first-order valence-corrected chi connectivity index (χ1v) is 8.40. The maximum absolute atomic E-state index is 12.1. The van der Waals surface area contributed by atoms with Crippen LogP contribution in [-0.2, 0) is 4.79 Å². The zero-order valence-corrected chi connectivity index (χ0v) is 13.3. The van der Waals surface area contributed by atoms with E-state index in [-0.39, 0.29) is 18.0 Å². The van der Waals surface area contributed by atoms with E-state index in [1.54, 1.807) is 0 Å². The van der Waals surface area contributed by atoms with Crippen molar-refractivity contribution >= 4 is 5.91 Å². The maximum Gasteiger partial charge on any atom is 0.237 e. The van der Waals surface area contributed by atoms with Crippen LogP contribution in [0.1, 0.15) is 59.3 Å². The molecule has 0 saturated carbocycles. The summed E-state index contributed by atoms with van der Waals surface area (Å²) in [5.74, 6) is 0.153. The molecule has 20 heavy (non-hydrogen) atoms. The van der Waals surface area contributed by atoms with E-state index < -0.39 is 0 Å². The lowest BCUT2D eigenvalue weighted by Gasteiger charge is -2.36. The standard InChI is InChI=1S/C16H31N3O/c1-4-6-12(2)17-16(20)13(3)18-14-8-10-19-9-5-7-15(19)11-14/h12-15,18H,4-11H2,1-3H3,(H,17,20). The fourth-order valence-corrected chi connectivity index (χ4v) is 3.68. The molecule has 2 fully saturated rings. The zero-order chi connectivity index (χ0) is 14.5. The van der Waals surface area contributed by atoms with Crippen LogP contribution in [0.25, 0.3) is 0 Å². The van der Waals surface area contributed by atoms with Crippen LogP contribution in [-0.4, -0.2) is 48.1 Å². The van der Waals surface area contributed by atoms with Crippen LogP contribution in [0.2, 0.25) is 0 Å². The van der Waals surface area contributed by atoms with Crippen molar-refractivity contribution in [2.24, 2.45) is 0 Å². The number of nitrogens with zero attached hydrogens (tertiary/aromatic N) is 1. The Hall–Kier alpha value is -0.610. The second-order valence-corrected chi connectivity index (χ2v) is 6.64. The lowest BCUT2D eigenvalue weighted by atomic mass is 9.97. The van der Waals surface area contributed by atoms with E-state index in [1.807, 2.05) is 6.92 Å². The topological polar surface area (TPSA) is 44.4 Å². The third-order valence-electron chi connectivity index (χ3n) is 4.81. The number of hydrogen-bond donors (Lipinski definition) is 2. The van der Waals surface area contributed by atoms with Crippen molar-refractivity contribution in [1.29, 1.82) is 0 Å². The third kappa shape index (κ3) is 4.19. The molecule has 0 radical (unpaired) electrons. The van der Waals surface area contributed by atoms with Crippen LogP contribution in [0.3, 0.4) is 0 Å². The van der Waals surface area contributed by atoms with Crippen molar-refractivity contribution in [3.05, 3.63) is 0 Å². The van der Waals surface area contributed by atoms with Gasteiger partial charge in [0.05, 0.1) is 6.04 Å². The highest BCUT2D eigenvalue weighted by atomic mass is 16.2. The summed E-state index contributed by atoms with van der Waals surface area (Å²) in [7, 11) is 0. The van der Waals surface area contributed by atoms with Gasteiger partial charge in [-0.3, -0.25) is 4.79 Å². The molecule has 4 heteroatoms. The molecule has 4 unspecified atom stereocenters. The van der Waals surface area contributed by atoms with Gasteiger partial charge in [-0.2, -0.15) is 0 Å². The number of fused-ring (bicyclic) bond motifs is 1. The van der Waals surface area contributed by atoms with E-state index in [4.69, 9.17) is 0 Å². The fourth-order valence-electron chi connectivity index (χ4n) is 3.68. The number of carbonyl (C=O) groups excluding carboxylic acids is 1. The first kappa shape index (κ1) is 15.8. The van der Waals surface area contributed by atoms with E-state index in [2.05, 4.69) is 29.4 Å². The Kier molecular flexibility index (Phi) is 5.85. The second-order valence-electron chi connectivity index (χ2n) is 6.64. The van der Waals surface area contributed by atoms with Crippen LogP contribution in [0.4, 0.5) is 0 Å². The first-order chi connectivity index (χ1) is 9.60. The van der Waals surface area contributed by atoms with Crippen molar-refractivity contribution in [3.63, 3.8) is 0 Å². The number of carbonyl (C=O) groups is 1. The average Bonchev–Trinajstić information content (AvgIpc) is 2.86. The largest absolute Gasteiger partial charge is 0.352 e. The average molecular weight is 281 g/mol. The van der Waals surface area contributed by atoms with Gasteiger partial charge in [-0.05, 0) is 59.0 Å². The lowest BCUT2D eigenvalue weighted by molar-refractivity contribution is -0.123. The maximum atomic E-state index is 12.1. The molecule has 2 aliphatic heterocycles. The molecule has 0 spiro atoms. The predicted molar refractivity (Wildman–Crippen MR) is 82.7 cm³/mol. The van der Waals surface area contributed by atoms with Gasteiger partial charge in [0.2, 0.25) is 5.91 Å². The molecule has 4 nitrogen and oxygen atoms in total. The smallest absolute Gasteiger partial charge is 0.237 e. The highest BCUT2D eigenvalue weighted by molar-refractivity contribution is 5.81. The van der Waals surface area contributed by atoms with E-state index in [1.165, 1.54) is 38.8 Å². The van der Waals surface area contributed by atoms with Crippen LogP contribution in [0.5, 0.6) is 0 Å². The fraction of sp³-hybridized carbons (Fsp3) is 0.938. The molecule has 0 aromatic carbocycles. The molecule has 2 heterocycles. The van der Waals surface area contributed by atoms with Crippen LogP contribution in [0.15, 0.2) is 0 Å². The molecule has 0 aromatic rings. The molecule has 2 saturated heterocycles. The van der Waals surface area contributed by atoms with Gasteiger partial charge >= 0.3 is 0 Å². The minimum Gasteiger partial charge on any atom is -0.352 e. The summed E-state index contributed by atoms with van der Waals surface area (Å²) in [5.41, 5.74) is 0. The normalized spacial score (nSPS) is 29.8. The minimum absolute atomic E-state index is 0.0766. The van der Waals surface area contributed by atoms with Crippen molar-refractivity contribution < 1.29 is 4.79 Å². The molecular formula is C16H31N3O. The van der Waals surface area contributed by atoms with Crippen molar-refractivity contribution in [3.8, 4) is 0 Å². The summed E-state index contributed by atoms with van der Waals surface area (Å²) in [6.45, 7) is 8.71. The van der Waals surface area contributed by atoms with Gasteiger partial charge in [0.25, 0.3) is 0 Å². The molecule has 0 aromatic heterocycles. The van der Waals surface area contributed by atoms with E-state index >= 15 is 0 Å². The van der Waals surface area contributed by atoms with Crippen LogP contribution >= 0.6 is 0 Å². The van der Waals surface area contributed by atoms with Crippen molar-refractivity contribution in [1.82, 2.24) is 15.5 Å². The number of amides is 1. The quantitative estimate of drug-likeness (QED) is 0.781. The molecule has 4 atom stereocenters. The highest BCUT2D eigenvalue weighted by Crippen LogP contribution is 2.26. The van der Waals surface area contributed by atoms with Crippen LogP contribution < -0.4 is 10.6 Å². The Morgan fingerprint density at radius 3 is 2.85 bits per heavy atom. The Bertz CT molecular complexity index is 321. The summed E-state index contributed by atoms with van der Waals surface area (Å²) in [6.07, 6.45) is 7.25. The summed E-state index contributed by atoms with van der Waals surface area (Å²) < 4.78 is 0. The molecular weight excluding hydrogens is 250 g/mol. The van der Waals surface area contributed by atoms with Gasteiger partial charge in [0.15, 0.2) is 0 Å². The number of nitrogens with one attached hydrogen (secondary N) is 2. The monoisotopic (exact) mass is 281 g/mol. The lowest BCUT2D eigenvalue weighted by Crippen LogP contribution is -2.52. The minimum atomic E-state index is -0.0766. The molecule has 0 bridgehead atoms. The van der Waals surface area contributed by atoms with Gasteiger partial charge in [0, 0.05) is 18.1 Å². The van der Waals surface area contributed by atoms with Gasteiger partial charge in [-0.15, -0.1) is 0 Å². The molecule has 1 amide bonds. The number of hydrogen-bond acceptors (Lipinski definition) is 3. The zero-order valence-electron chi connectivity index (χ0n) is 13.3. The summed E-state index contributed by atoms with van der Waals surface area (Å²) in [4.78, 5) is 14.8. The van der Waals surface area contributed by atoms with Gasteiger partial charge in [0.1, 0.15) is 0 Å². The Balaban J connectivity index is 1.73. The van der Waals surface area contributed by atoms with E-state index in [0.717, 1.165) is 18.9 Å². The molecule has 2 N–H and O–H groups in total. The molecule has 0 aliphatic carbocycles. The Morgan fingerprint density at radius 2 is 2.10 bits per heavy atom. The molecule has 2 aliphatic rings. The van der Waals surface area contributed by atoms with Gasteiger partial charge in [-0.1, -0.05) is 13.3 Å². The second kappa shape index (κ2) is 7.41. The van der Waals surface area contributed by atoms with E-state index in [9.17, 15) is 4.79 Å². The molecule has 116 valence electrons. The van der Waals surface area contributed by atoms with E-state index in [0.29, 0.717) is 6.04 Å². The molecule has 2 rings (SSSR count). The Morgan fingerprint density at radius 1 is 1.30 bits per heavy atom. The van der Waals surface area contributed by atoms with Crippen molar-refractivity contribution in [2.45, 2.75) is 83.5 Å². The third-order valence-corrected chi connectivity index (χ3v) is 4.81. The number of rotatable bonds is 6.